The first kappa shape index (κ1) is 25.4. The molecule has 0 atom stereocenters. The predicted octanol–water partition coefficient (Wildman–Crippen LogP) is 5.44. The number of hydrogen-bond donors (Lipinski definition) is 1. The molecular formula is C30H28N4O3S. The van der Waals surface area contributed by atoms with Crippen LogP contribution >= 0.6 is 0 Å². The van der Waals surface area contributed by atoms with Crippen molar-refractivity contribution in [3.05, 3.63) is 113 Å². The predicted molar refractivity (Wildman–Crippen MR) is 148 cm³/mol. The van der Waals surface area contributed by atoms with Gasteiger partial charge >= 0.3 is 0 Å². The molecule has 8 heteroatoms. The lowest BCUT2D eigenvalue weighted by molar-refractivity contribution is 0.0981. The van der Waals surface area contributed by atoms with E-state index in [0.717, 1.165) is 39.4 Å². The highest BCUT2D eigenvalue weighted by Gasteiger charge is 2.24. The quantitative estimate of drug-likeness (QED) is 0.306. The van der Waals surface area contributed by atoms with Crippen LogP contribution in [0, 0.1) is 13.8 Å². The number of imidazole rings is 1. The summed E-state index contributed by atoms with van der Waals surface area (Å²) in [6, 6.07) is 24.9. The minimum Gasteiger partial charge on any atom is -0.308 e. The number of sulfonamides is 1. The maximum Gasteiger partial charge on any atom is 0.264 e. The Bertz CT molecular complexity index is 1750. The van der Waals surface area contributed by atoms with Crippen molar-refractivity contribution in [3.63, 3.8) is 0 Å². The van der Waals surface area contributed by atoms with Gasteiger partial charge in [-0.3, -0.25) is 4.79 Å². The highest BCUT2D eigenvalue weighted by molar-refractivity contribution is 7.90. The van der Waals surface area contributed by atoms with Gasteiger partial charge in [-0.25, -0.2) is 23.1 Å². The Morgan fingerprint density at radius 1 is 0.895 bits per heavy atom. The number of carbonyl (C=O) groups excluding carboxylic acids is 1. The van der Waals surface area contributed by atoms with Crippen LogP contribution in [0.5, 0.6) is 0 Å². The number of benzene rings is 3. The first-order valence-electron chi connectivity index (χ1n) is 12.4. The van der Waals surface area contributed by atoms with Crippen molar-refractivity contribution >= 4 is 27.1 Å². The average Bonchev–Trinajstić information content (AvgIpc) is 3.27. The number of hydrogen-bond acceptors (Lipinski definition) is 5. The number of pyridine rings is 1. The van der Waals surface area contributed by atoms with Gasteiger partial charge in [0.2, 0.25) is 0 Å². The van der Waals surface area contributed by atoms with Crippen LogP contribution in [0.15, 0.2) is 89.8 Å². The Morgan fingerprint density at radius 2 is 1.58 bits per heavy atom. The second kappa shape index (κ2) is 10.2. The largest absolute Gasteiger partial charge is 0.308 e. The molecule has 0 radical (unpaired) electrons. The fourth-order valence-corrected chi connectivity index (χ4v) is 5.89. The normalized spacial score (nSPS) is 11.6. The molecule has 192 valence electrons. The molecular weight excluding hydrogens is 496 g/mol. The van der Waals surface area contributed by atoms with Gasteiger partial charge in [-0.1, -0.05) is 67.6 Å². The summed E-state index contributed by atoms with van der Waals surface area (Å²) in [6.45, 7) is 6.39. The van der Waals surface area contributed by atoms with Crippen molar-refractivity contribution in [3.8, 4) is 11.1 Å². The standard InChI is InChI=1S/C30H28N4O3S/c1-4-27-32-28-20(2)17-21(3)31-29(28)34(27)19-22-15-16-25(23-11-7-5-8-12-23)26(18-22)38(36,37)33-30(35)24-13-9-6-10-14-24/h5-18H,4,19H2,1-3H3,(H,33,35). The van der Waals surface area contributed by atoms with Gasteiger partial charge in [0, 0.05) is 23.2 Å². The number of carbonyl (C=O) groups is 1. The van der Waals surface area contributed by atoms with Crippen LogP contribution in [0.2, 0.25) is 0 Å². The first-order chi connectivity index (χ1) is 18.3. The third kappa shape index (κ3) is 4.95. The summed E-state index contributed by atoms with van der Waals surface area (Å²) in [5.74, 6) is 0.189. The molecule has 5 aromatic rings. The second-order valence-corrected chi connectivity index (χ2v) is 10.9. The van der Waals surface area contributed by atoms with E-state index in [9.17, 15) is 13.2 Å². The number of nitrogens with one attached hydrogen (secondary N) is 1. The molecule has 0 spiro atoms. The molecule has 7 nitrogen and oxygen atoms in total. The molecule has 38 heavy (non-hydrogen) atoms. The third-order valence-corrected chi connectivity index (χ3v) is 7.81. The summed E-state index contributed by atoms with van der Waals surface area (Å²) in [7, 11) is -4.20. The minimum absolute atomic E-state index is 0.0354. The topological polar surface area (TPSA) is 93.9 Å². The molecule has 2 aromatic heterocycles. The number of fused-ring (bicyclic) bond motifs is 1. The van der Waals surface area contributed by atoms with Gasteiger partial charge < -0.3 is 4.57 Å². The molecule has 0 unspecified atom stereocenters. The number of aromatic nitrogens is 3. The molecule has 1 amide bonds. The van der Waals surface area contributed by atoms with Crippen molar-refractivity contribution in [2.45, 2.75) is 38.6 Å². The van der Waals surface area contributed by atoms with Crippen LogP contribution < -0.4 is 4.72 Å². The van der Waals surface area contributed by atoms with Gasteiger partial charge in [0.25, 0.3) is 15.9 Å². The summed E-state index contributed by atoms with van der Waals surface area (Å²) in [4.78, 5) is 22.4. The maximum atomic E-state index is 13.6. The van der Waals surface area contributed by atoms with Gasteiger partial charge in [0.1, 0.15) is 11.3 Å². The van der Waals surface area contributed by atoms with E-state index in [1.54, 1.807) is 42.5 Å². The molecule has 5 rings (SSSR count). The lowest BCUT2D eigenvalue weighted by atomic mass is 10.0. The molecule has 0 aliphatic heterocycles. The zero-order valence-electron chi connectivity index (χ0n) is 21.5. The van der Waals surface area contributed by atoms with Crippen LogP contribution in [0.4, 0.5) is 0 Å². The lowest BCUT2D eigenvalue weighted by Crippen LogP contribution is -2.31. The van der Waals surface area contributed by atoms with Crippen LogP contribution in [0.1, 0.15) is 39.9 Å². The maximum absolute atomic E-state index is 13.6. The molecule has 0 aliphatic rings. The van der Waals surface area contributed by atoms with Crippen LogP contribution in [-0.4, -0.2) is 28.9 Å². The fourth-order valence-electron chi connectivity index (χ4n) is 4.64. The zero-order chi connectivity index (χ0) is 26.9. The summed E-state index contributed by atoms with van der Waals surface area (Å²) in [5.41, 5.74) is 5.83. The third-order valence-electron chi connectivity index (χ3n) is 6.44. The molecule has 0 bridgehead atoms. The molecule has 0 fully saturated rings. The molecule has 2 heterocycles. The number of aryl methyl sites for hydroxylation is 3. The van der Waals surface area contributed by atoms with E-state index in [4.69, 9.17) is 9.97 Å². The van der Waals surface area contributed by atoms with Gasteiger partial charge in [0.15, 0.2) is 5.65 Å². The van der Waals surface area contributed by atoms with Crippen molar-refractivity contribution in [2.75, 3.05) is 0 Å². The highest BCUT2D eigenvalue weighted by atomic mass is 32.2. The Labute approximate surface area is 222 Å². The zero-order valence-corrected chi connectivity index (χ0v) is 22.3. The van der Waals surface area contributed by atoms with E-state index >= 15 is 0 Å². The minimum atomic E-state index is -4.20. The summed E-state index contributed by atoms with van der Waals surface area (Å²) in [6.07, 6.45) is 0.704. The monoisotopic (exact) mass is 524 g/mol. The Kier molecular flexibility index (Phi) is 6.82. The Morgan fingerprint density at radius 3 is 2.26 bits per heavy atom. The molecule has 0 aliphatic carbocycles. The van der Waals surface area contributed by atoms with Gasteiger partial charge in [-0.15, -0.1) is 0 Å². The van der Waals surface area contributed by atoms with E-state index in [0.29, 0.717) is 18.5 Å². The highest BCUT2D eigenvalue weighted by Crippen LogP contribution is 2.30. The van der Waals surface area contributed by atoms with Crippen LogP contribution in [-0.2, 0) is 23.0 Å². The Balaban J connectivity index is 1.61. The SMILES string of the molecule is CCc1nc2c(C)cc(C)nc2n1Cc1ccc(-c2ccccc2)c(S(=O)(=O)NC(=O)c2ccccc2)c1. The fraction of sp³-hybridized carbons (Fsp3) is 0.167. The first-order valence-corrected chi connectivity index (χ1v) is 13.9. The summed E-state index contributed by atoms with van der Waals surface area (Å²) >= 11 is 0. The van der Waals surface area contributed by atoms with E-state index < -0.39 is 15.9 Å². The number of nitrogens with zero attached hydrogens (tertiary/aromatic N) is 3. The van der Waals surface area contributed by atoms with E-state index in [2.05, 4.69) is 4.72 Å². The van der Waals surface area contributed by atoms with E-state index in [1.165, 1.54) is 0 Å². The van der Waals surface area contributed by atoms with Gasteiger partial charge in [-0.2, -0.15) is 0 Å². The van der Waals surface area contributed by atoms with Crippen molar-refractivity contribution < 1.29 is 13.2 Å². The summed E-state index contributed by atoms with van der Waals surface area (Å²) < 4.78 is 31.5. The smallest absolute Gasteiger partial charge is 0.264 e. The molecule has 0 saturated heterocycles. The summed E-state index contributed by atoms with van der Waals surface area (Å²) in [5, 5.41) is 0. The molecule has 1 N–H and O–H groups in total. The van der Waals surface area contributed by atoms with Crippen molar-refractivity contribution in [1.82, 2.24) is 19.3 Å². The van der Waals surface area contributed by atoms with Gasteiger partial charge in [-0.05, 0) is 54.8 Å². The van der Waals surface area contributed by atoms with Crippen molar-refractivity contribution in [1.29, 1.82) is 0 Å². The number of rotatable bonds is 7. The number of amides is 1. The van der Waals surface area contributed by atoms with E-state index in [1.807, 2.05) is 67.8 Å². The molecule has 3 aromatic carbocycles. The van der Waals surface area contributed by atoms with Crippen LogP contribution in [0.25, 0.3) is 22.3 Å². The lowest BCUT2D eigenvalue weighted by Gasteiger charge is -2.15. The van der Waals surface area contributed by atoms with Crippen molar-refractivity contribution in [2.24, 2.45) is 0 Å². The van der Waals surface area contributed by atoms with Gasteiger partial charge in [0.05, 0.1) is 11.4 Å². The molecule has 0 saturated carbocycles. The Hall–Kier alpha value is -4.30. The van der Waals surface area contributed by atoms with Crippen LogP contribution in [0.3, 0.4) is 0 Å². The average molecular weight is 525 g/mol. The second-order valence-electron chi connectivity index (χ2n) is 9.22. The van der Waals surface area contributed by atoms with E-state index in [-0.39, 0.29) is 10.5 Å².